The van der Waals surface area contributed by atoms with Gasteiger partial charge < -0.3 is 9.15 Å². The van der Waals surface area contributed by atoms with Gasteiger partial charge in [-0.2, -0.15) is 0 Å². The van der Waals surface area contributed by atoms with Crippen molar-refractivity contribution < 1.29 is 13.5 Å². The molecule has 0 atom stereocenters. The van der Waals surface area contributed by atoms with Crippen LogP contribution in [0.1, 0.15) is 0 Å². The van der Waals surface area contributed by atoms with Gasteiger partial charge in [0.05, 0.1) is 23.9 Å². The molecule has 4 aromatic rings. The fraction of sp³-hybridized carbons (Fsp3) is 0.0588. The number of aromatic nitrogens is 2. The zero-order chi connectivity index (χ0) is 16.7. The van der Waals surface area contributed by atoms with Gasteiger partial charge in [0.2, 0.25) is 0 Å². The molecule has 2 aromatic heterocycles. The van der Waals surface area contributed by atoms with E-state index in [2.05, 4.69) is 9.97 Å². The number of thiazole rings is 1. The smallest absolute Gasteiger partial charge is 0.417 e. The van der Waals surface area contributed by atoms with E-state index in [1.54, 1.807) is 18.2 Å². The first-order chi connectivity index (χ1) is 11.6. The third-order valence-corrected chi connectivity index (χ3v) is 4.49. The summed E-state index contributed by atoms with van der Waals surface area (Å²) in [7, 11) is 1.49. The van der Waals surface area contributed by atoms with Crippen LogP contribution in [0.15, 0.2) is 51.0 Å². The van der Waals surface area contributed by atoms with Crippen LogP contribution in [0.5, 0.6) is 5.75 Å². The number of oxazole rings is 1. The minimum Gasteiger partial charge on any atom is -0.496 e. The predicted octanol–water partition coefficient (Wildman–Crippen LogP) is 4.06. The van der Waals surface area contributed by atoms with E-state index in [4.69, 9.17) is 9.15 Å². The van der Waals surface area contributed by atoms with E-state index < -0.39 is 5.76 Å². The molecule has 0 fully saturated rings. The number of halogens is 1. The van der Waals surface area contributed by atoms with Crippen molar-refractivity contribution in [1.29, 1.82) is 0 Å². The summed E-state index contributed by atoms with van der Waals surface area (Å²) in [6.45, 7) is 0. The third kappa shape index (κ3) is 2.48. The Balaban J connectivity index is 1.77. The van der Waals surface area contributed by atoms with Crippen molar-refractivity contribution >= 4 is 22.4 Å². The minimum absolute atomic E-state index is 0.361. The maximum Gasteiger partial charge on any atom is 0.417 e. The summed E-state index contributed by atoms with van der Waals surface area (Å²) < 4.78 is 23.6. The van der Waals surface area contributed by atoms with E-state index in [9.17, 15) is 9.18 Å². The number of nitrogens with one attached hydrogen (secondary N) is 1. The number of H-pyrrole nitrogens is 1. The molecule has 0 radical (unpaired) electrons. The molecule has 2 aromatic carbocycles. The molecule has 0 aliphatic carbocycles. The largest absolute Gasteiger partial charge is 0.496 e. The highest BCUT2D eigenvalue weighted by Gasteiger charge is 2.13. The Kier molecular flexibility index (Phi) is 3.42. The lowest BCUT2D eigenvalue weighted by Gasteiger charge is -2.05. The minimum atomic E-state index is -0.489. The van der Waals surface area contributed by atoms with Crippen molar-refractivity contribution in [3.05, 3.63) is 58.1 Å². The second-order valence-electron chi connectivity index (χ2n) is 5.11. The lowest BCUT2D eigenvalue weighted by molar-refractivity contribution is 0.413. The van der Waals surface area contributed by atoms with Crippen LogP contribution >= 0.6 is 11.3 Å². The Labute approximate surface area is 139 Å². The van der Waals surface area contributed by atoms with Gasteiger partial charge in [-0.3, -0.25) is 4.98 Å². The first-order valence-electron chi connectivity index (χ1n) is 7.07. The zero-order valence-corrected chi connectivity index (χ0v) is 13.3. The molecule has 0 saturated carbocycles. The van der Waals surface area contributed by atoms with E-state index in [0.717, 1.165) is 21.8 Å². The molecule has 0 aliphatic rings. The lowest BCUT2D eigenvalue weighted by atomic mass is 10.1. The van der Waals surface area contributed by atoms with Crippen molar-refractivity contribution in [1.82, 2.24) is 9.97 Å². The molecule has 0 unspecified atom stereocenters. The fourth-order valence-electron chi connectivity index (χ4n) is 2.48. The van der Waals surface area contributed by atoms with Crippen molar-refractivity contribution in [3.8, 4) is 27.6 Å². The van der Waals surface area contributed by atoms with Crippen LogP contribution in [0, 0.1) is 5.82 Å². The number of methoxy groups -OCH3 is 1. The van der Waals surface area contributed by atoms with Crippen molar-refractivity contribution in [2.45, 2.75) is 0 Å². The average molecular weight is 342 g/mol. The topological polar surface area (TPSA) is 68.1 Å². The Bertz CT molecular complexity index is 1100. The average Bonchev–Trinajstić information content (AvgIpc) is 3.19. The van der Waals surface area contributed by atoms with Gasteiger partial charge in [0.25, 0.3) is 0 Å². The summed E-state index contributed by atoms with van der Waals surface area (Å²) >= 11 is 1.43. The van der Waals surface area contributed by atoms with E-state index in [1.165, 1.54) is 30.6 Å². The van der Waals surface area contributed by atoms with Crippen LogP contribution in [-0.2, 0) is 0 Å². The molecule has 0 spiro atoms. The lowest BCUT2D eigenvalue weighted by Crippen LogP contribution is -1.92. The van der Waals surface area contributed by atoms with E-state index in [0.29, 0.717) is 16.8 Å². The second-order valence-corrected chi connectivity index (χ2v) is 5.97. The molecule has 0 aliphatic heterocycles. The number of benzene rings is 2. The number of rotatable bonds is 3. The van der Waals surface area contributed by atoms with Gasteiger partial charge in [-0.05, 0) is 24.3 Å². The summed E-state index contributed by atoms with van der Waals surface area (Å²) in [5.41, 5.74) is 3.41. The van der Waals surface area contributed by atoms with Gasteiger partial charge in [0.15, 0.2) is 5.58 Å². The number of ether oxygens (including phenoxy) is 1. The van der Waals surface area contributed by atoms with E-state index >= 15 is 0 Å². The van der Waals surface area contributed by atoms with Gasteiger partial charge in [-0.25, -0.2) is 14.2 Å². The van der Waals surface area contributed by atoms with Crippen molar-refractivity contribution in [2.24, 2.45) is 0 Å². The standard InChI is InChI=1S/C17H11FN2O3S/c1-22-14-7-10(18)3-4-11(14)16-19-13(8-24-16)9-2-5-12-15(6-9)23-17(21)20-12/h2-8H,1H3,(H,20,21). The van der Waals surface area contributed by atoms with Crippen LogP contribution in [0.2, 0.25) is 0 Å². The number of nitrogens with zero attached hydrogens (tertiary/aromatic N) is 1. The maximum absolute atomic E-state index is 13.3. The molecule has 24 heavy (non-hydrogen) atoms. The van der Waals surface area contributed by atoms with Crippen LogP contribution in [-0.4, -0.2) is 17.1 Å². The quantitative estimate of drug-likeness (QED) is 0.610. The summed E-state index contributed by atoms with van der Waals surface area (Å²) in [6, 6.07) is 9.73. The van der Waals surface area contributed by atoms with E-state index in [-0.39, 0.29) is 5.82 Å². The molecule has 5 nitrogen and oxygen atoms in total. The summed E-state index contributed by atoms with van der Waals surface area (Å²) in [5.74, 6) is -0.416. The van der Waals surface area contributed by atoms with Gasteiger partial charge in [-0.1, -0.05) is 6.07 Å². The van der Waals surface area contributed by atoms with Gasteiger partial charge in [0.1, 0.15) is 16.6 Å². The highest BCUT2D eigenvalue weighted by molar-refractivity contribution is 7.13. The monoisotopic (exact) mass is 342 g/mol. The first kappa shape index (κ1) is 14.6. The fourth-order valence-corrected chi connectivity index (χ4v) is 3.34. The number of aromatic amines is 1. The van der Waals surface area contributed by atoms with Gasteiger partial charge >= 0.3 is 5.76 Å². The predicted molar refractivity (Wildman–Crippen MR) is 89.9 cm³/mol. The zero-order valence-electron chi connectivity index (χ0n) is 12.5. The molecular formula is C17H11FN2O3S. The second kappa shape index (κ2) is 5.61. The van der Waals surface area contributed by atoms with Gasteiger partial charge in [-0.15, -0.1) is 11.3 Å². The number of hydrogen-bond donors (Lipinski definition) is 1. The SMILES string of the molecule is COc1cc(F)ccc1-c1nc(-c2ccc3[nH]c(=O)oc3c2)cs1. The van der Waals surface area contributed by atoms with E-state index in [1.807, 2.05) is 11.4 Å². The van der Waals surface area contributed by atoms with Gasteiger partial charge in [0, 0.05) is 17.0 Å². The van der Waals surface area contributed by atoms with Crippen LogP contribution < -0.4 is 10.5 Å². The normalized spacial score (nSPS) is 11.1. The molecule has 2 heterocycles. The van der Waals surface area contributed by atoms with Crippen LogP contribution in [0.3, 0.4) is 0 Å². The Hall–Kier alpha value is -2.93. The van der Waals surface area contributed by atoms with Crippen LogP contribution in [0.4, 0.5) is 4.39 Å². The summed E-state index contributed by atoms with van der Waals surface area (Å²) in [4.78, 5) is 18.4. The van der Waals surface area contributed by atoms with Crippen LogP contribution in [0.25, 0.3) is 32.9 Å². The summed E-state index contributed by atoms with van der Waals surface area (Å²) in [5, 5.41) is 2.61. The van der Waals surface area contributed by atoms with Crippen molar-refractivity contribution in [3.63, 3.8) is 0 Å². The molecule has 0 saturated heterocycles. The Morgan fingerprint density at radius 2 is 2.12 bits per heavy atom. The number of fused-ring (bicyclic) bond motifs is 1. The number of hydrogen-bond acceptors (Lipinski definition) is 5. The molecule has 0 bridgehead atoms. The van der Waals surface area contributed by atoms with Crippen molar-refractivity contribution in [2.75, 3.05) is 7.11 Å². The Morgan fingerprint density at radius 3 is 2.96 bits per heavy atom. The highest BCUT2D eigenvalue weighted by atomic mass is 32.1. The first-order valence-corrected chi connectivity index (χ1v) is 7.95. The molecule has 7 heteroatoms. The highest BCUT2D eigenvalue weighted by Crippen LogP contribution is 2.35. The molecular weight excluding hydrogens is 331 g/mol. The Morgan fingerprint density at radius 1 is 1.25 bits per heavy atom. The third-order valence-electron chi connectivity index (χ3n) is 3.61. The maximum atomic E-state index is 13.3. The molecule has 0 amide bonds. The molecule has 1 N–H and O–H groups in total. The molecule has 4 rings (SSSR count). The summed E-state index contributed by atoms with van der Waals surface area (Å²) in [6.07, 6.45) is 0. The molecule has 120 valence electrons.